The molecule has 0 spiro atoms. The van der Waals surface area contributed by atoms with Crippen molar-refractivity contribution >= 4 is 11.6 Å². The summed E-state index contributed by atoms with van der Waals surface area (Å²) in [6.45, 7) is 4.11. The van der Waals surface area contributed by atoms with E-state index in [2.05, 4.69) is 22.4 Å². The Kier molecular flexibility index (Phi) is 9.92. The van der Waals surface area contributed by atoms with Gasteiger partial charge in [0.25, 0.3) is 0 Å². The number of aromatic nitrogens is 1. The Bertz CT molecular complexity index is 443. The molecule has 0 aliphatic rings. The molecule has 0 radical (unpaired) electrons. The molecule has 0 bridgehead atoms. The third kappa shape index (κ3) is 8.55. The van der Waals surface area contributed by atoms with E-state index in [1.54, 1.807) is 12.4 Å². The van der Waals surface area contributed by atoms with Crippen molar-refractivity contribution in [2.75, 3.05) is 0 Å². The van der Waals surface area contributed by atoms with Gasteiger partial charge in [-0.3, -0.25) is 9.78 Å². The summed E-state index contributed by atoms with van der Waals surface area (Å²) in [5, 5.41) is 4.13. The summed E-state index contributed by atoms with van der Waals surface area (Å²) in [5.41, 5.74) is 4.40. The van der Waals surface area contributed by atoms with Gasteiger partial charge in [0.1, 0.15) is 0 Å². The van der Waals surface area contributed by atoms with Crippen LogP contribution in [-0.2, 0) is 4.79 Å². The molecule has 0 fully saturated rings. The number of hydrogen-bond acceptors (Lipinski definition) is 3. The largest absolute Gasteiger partial charge is 0.273 e. The van der Waals surface area contributed by atoms with Crippen LogP contribution in [0.15, 0.2) is 29.6 Å². The highest BCUT2D eigenvalue weighted by Crippen LogP contribution is 2.09. The molecule has 22 heavy (non-hydrogen) atoms. The fourth-order valence-corrected chi connectivity index (χ4v) is 2.28. The molecule has 0 unspecified atom stereocenters. The first-order valence-electron chi connectivity index (χ1n) is 8.47. The number of nitrogens with zero attached hydrogens (tertiary/aromatic N) is 2. The minimum absolute atomic E-state index is 0.000566. The average molecular weight is 303 g/mol. The van der Waals surface area contributed by atoms with Gasteiger partial charge in [0, 0.05) is 24.4 Å². The van der Waals surface area contributed by atoms with E-state index in [-0.39, 0.29) is 5.91 Å². The fourth-order valence-electron chi connectivity index (χ4n) is 2.28. The van der Waals surface area contributed by atoms with Crippen molar-refractivity contribution in [3.05, 3.63) is 30.1 Å². The van der Waals surface area contributed by atoms with Gasteiger partial charge >= 0.3 is 0 Å². The van der Waals surface area contributed by atoms with E-state index in [1.165, 1.54) is 38.5 Å². The van der Waals surface area contributed by atoms with Gasteiger partial charge in [-0.15, -0.1) is 0 Å². The Morgan fingerprint density at radius 3 is 2.27 bits per heavy atom. The van der Waals surface area contributed by atoms with Crippen LogP contribution in [0, 0.1) is 0 Å². The van der Waals surface area contributed by atoms with Gasteiger partial charge in [-0.25, -0.2) is 5.43 Å². The number of carbonyl (C=O) groups excluding carboxylic acids is 1. The second-order valence-electron chi connectivity index (χ2n) is 5.69. The lowest BCUT2D eigenvalue weighted by Gasteiger charge is -2.03. The van der Waals surface area contributed by atoms with E-state index in [4.69, 9.17) is 0 Å². The van der Waals surface area contributed by atoms with Crippen LogP contribution >= 0.6 is 0 Å². The molecule has 0 saturated heterocycles. The van der Waals surface area contributed by atoms with Gasteiger partial charge in [0.2, 0.25) is 5.91 Å². The zero-order valence-electron chi connectivity index (χ0n) is 14.0. The van der Waals surface area contributed by atoms with E-state index in [1.807, 2.05) is 19.1 Å². The Morgan fingerprint density at radius 1 is 1.05 bits per heavy atom. The van der Waals surface area contributed by atoms with Crippen molar-refractivity contribution in [1.29, 1.82) is 0 Å². The molecule has 4 heteroatoms. The second kappa shape index (κ2) is 11.9. The molecule has 0 saturated carbocycles. The maximum absolute atomic E-state index is 11.7. The number of nitrogens with one attached hydrogen (secondary N) is 1. The zero-order valence-corrected chi connectivity index (χ0v) is 14.0. The highest BCUT2D eigenvalue weighted by molar-refractivity contribution is 5.99. The van der Waals surface area contributed by atoms with Gasteiger partial charge < -0.3 is 0 Å². The van der Waals surface area contributed by atoms with E-state index in [9.17, 15) is 4.79 Å². The summed E-state index contributed by atoms with van der Waals surface area (Å²) in [6.07, 6.45) is 13.9. The third-order valence-electron chi connectivity index (χ3n) is 3.70. The normalized spacial score (nSPS) is 11.5. The fraction of sp³-hybridized carbons (Fsp3) is 0.611. The number of amides is 1. The molecule has 1 N–H and O–H groups in total. The summed E-state index contributed by atoms with van der Waals surface area (Å²) < 4.78 is 0. The SMILES string of the molecule is CCCCCCCCCCC(=O)NN=C(C)c1ccncc1. The monoisotopic (exact) mass is 303 g/mol. The molecule has 1 rings (SSSR count). The molecule has 0 atom stereocenters. The first-order chi connectivity index (χ1) is 10.7. The van der Waals surface area contributed by atoms with Crippen LogP contribution in [0.1, 0.15) is 77.2 Å². The molecule has 1 heterocycles. The van der Waals surface area contributed by atoms with Gasteiger partial charge in [-0.05, 0) is 25.5 Å². The summed E-state index contributed by atoms with van der Waals surface area (Å²) in [7, 11) is 0. The number of pyridine rings is 1. The van der Waals surface area contributed by atoms with E-state index < -0.39 is 0 Å². The molecular formula is C18H29N3O. The lowest BCUT2D eigenvalue weighted by atomic mass is 10.1. The van der Waals surface area contributed by atoms with Crippen molar-refractivity contribution in [3.8, 4) is 0 Å². The maximum Gasteiger partial charge on any atom is 0.240 e. The van der Waals surface area contributed by atoms with Crippen LogP contribution in [0.5, 0.6) is 0 Å². The molecule has 0 aromatic carbocycles. The van der Waals surface area contributed by atoms with Gasteiger partial charge in [-0.2, -0.15) is 5.10 Å². The van der Waals surface area contributed by atoms with E-state index >= 15 is 0 Å². The Hall–Kier alpha value is -1.71. The minimum atomic E-state index is -0.000566. The molecule has 0 aliphatic carbocycles. The number of carbonyl (C=O) groups is 1. The van der Waals surface area contributed by atoms with E-state index in [0.717, 1.165) is 24.1 Å². The van der Waals surface area contributed by atoms with Crippen LogP contribution in [0.3, 0.4) is 0 Å². The van der Waals surface area contributed by atoms with Gasteiger partial charge in [0.15, 0.2) is 0 Å². The highest BCUT2D eigenvalue weighted by Gasteiger charge is 2.01. The second-order valence-corrected chi connectivity index (χ2v) is 5.69. The molecule has 1 amide bonds. The van der Waals surface area contributed by atoms with Crippen molar-refractivity contribution in [3.63, 3.8) is 0 Å². The van der Waals surface area contributed by atoms with Crippen molar-refractivity contribution in [2.45, 2.75) is 71.6 Å². The number of unbranched alkanes of at least 4 members (excludes halogenated alkanes) is 7. The summed E-state index contributed by atoms with van der Waals surface area (Å²) >= 11 is 0. The Labute approximate surface area is 134 Å². The minimum Gasteiger partial charge on any atom is -0.273 e. The Morgan fingerprint density at radius 2 is 1.64 bits per heavy atom. The van der Waals surface area contributed by atoms with Crippen LogP contribution in [0.4, 0.5) is 0 Å². The number of hydrazone groups is 1. The quantitative estimate of drug-likeness (QED) is 0.373. The topological polar surface area (TPSA) is 54.4 Å². The first-order valence-corrected chi connectivity index (χ1v) is 8.47. The lowest BCUT2D eigenvalue weighted by molar-refractivity contribution is -0.121. The summed E-state index contributed by atoms with van der Waals surface area (Å²) in [4.78, 5) is 15.7. The molecule has 122 valence electrons. The predicted octanol–water partition coefficient (Wildman–Crippen LogP) is 4.45. The summed E-state index contributed by atoms with van der Waals surface area (Å²) in [6, 6.07) is 3.76. The molecule has 1 aromatic rings. The standard InChI is InChI=1S/C18H29N3O/c1-3-4-5-6-7-8-9-10-11-18(22)21-20-16(2)17-12-14-19-15-13-17/h12-15H,3-11H2,1-2H3,(H,21,22). The summed E-state index contributed by atoms with van der Waals surface area (Å²) in [5.74, 6) is -0.000566. The smallest absolute Gasteiger partial charge is 0.240 e. The molecule has 4 nitrogen and oxygen atoms in total. The maximum atomic E-state index is 11.7. The third-order valence-corrected chi connectivity index (χ3v) is 3.70. The van der Waals surface area contributed by atoms with Gasteiger partial charge in [-0.1, -0.05) is 51.9 Å². The molecular weight excluding hydrogens is 274 g/mol. The molecule has 0 aliphatic heterocycles. The van der Waals surface area contributed by atoms with Crippen LogP contribution in [0.2, 0.25) is 0 Å². The van der Waals surface area contributed by atoms with Crippen LogP contribution < -0.4 is 5.43 Å². The highest BCUT2D eigenvalue weighted by atomic mass is 16.2. The van der Waals surface area contributed by atoms with Crippen molar-refractivity contribution < 1.29 is 4.79 Å². The van der Waals surface area contributed by atoms with Crippen LogP contribution in [-0.4, -0.2) is 16.6 Å². The molecule has 1 aromatic heterocycles. The van der Waals surface area contributed by atoms with Crippen LogP contribution in [0.25, 0.3) is 0 Å². The van der Waals surface area contributed by atoms with Gasteiger partial charge in [0.05, 0.1) is 5.71 Å². The zero-order chi connectivity index (χ0) is 16.0. The average Bonchev–Trinajstić information content (AvgIpc) is 2.56. The van der Waals surface area contributed by atoms with Crippen molar-refractivity contribution in [1.82, 2.24) is 10.4 Å². The lowest BCUT2D eigenvalue weighted by Crippen LogP contribution is -2.18. The number of rotatable bonds is 11. The number of hydrogen-bond donors (Lipinski definition) is 1. The predicted molar refractivity (Wildman–Crippen MR) is 91.8 cm³/mol. The van der Waals surface area contributed by atoms with Crippen molar-refractivity contribution in [2.24, 2.45) is 5.10 Å². The van der Waals surface area contributed by atoms with E-state index in [0.29, 0.717) is 6.42 Å². The first kappa shape index (κ1) is 18.3. The Balaban J connectivity index is 2.09.